The number of hydrogen-bond acceptors (Lipinski definition) is 3. The molecule has 0 bridgehead atoms. The number of para-hydroxylation sites is 1. The molecular weight excluding hydrogens is 471 g/mol. The van der Waals surface area contributed by atoms with Gasteiger partial charge >= 0.3 is 0 Å². The van der Waals surface area contributed by atoms with Gasteiger partial charge in [-0.1, -0.05) is 24.3 Å². The van der Waals surface area contributed by atoms with Gasteiger partial charge in [-0.05, 0) is 64.0 Å². The van der Waals surface area contributed by atoms with E-state index in [0.29, 0.717) is 21.8 Å². The Morgan fingerprint density at radius 3 is 2.57 bits per heavy atom. The molecule has 0 spiro atoms. The van der Waals surface area contributed by atoms with E-state index in [1.807, 2.05) is 12.1 Å². The third-order valence-corrected chi connectivity index (χ3v) is 6.73. The lowest BCUT2D eigenvalue weighted by atomic mass is 10.1. The van der Waals surface area contributed by atoms with E-state index < -0.39 is 10.8 Å². The van der Waals surface area contributed by atoms with Gasteiger partial charge in [-0.3, -0.25) is 13.8 Å². The molecule has 0 saturated carbocycles. The van der Waals surface area contributed by atoms with Crippen LogP contribution >= 0.6 is 15.9 Å². The zero-order chi connectivity index (χ0) is 21.3. The fraction of sp³-hybridized carbons (Fsp3) is 0.0909. The minimum absolute atomic E-state index is 0.128. The van der Waals surface area contributed by atoms with Crippen LogP contribution in [0.25, 0.3) is 0 Å². The molecular formula is C22H16BrFN2O3S. The number of benzene rings is 3. The second-order valence-electron chi connectivity index (χ2n) is 6.71. The maximum atomic E-state index is 13.2. The van der Waals surface area contributed by atoms with Crippen LogP contribution in [0.2, 0.25) is 0 Å². The van der Waals surface area contributed by atoms with Gasteiger partial charge in [0.15, 0.2) is 0 Å². The van der Waals surface area contributed by atoms with Crippen molar-refractivity contribution < 1.29 is 18.2 Å². The van der Waals surface area contributed by atoms with Gasteiger partial charge < -0.3 is 10.2 Å². The van der Waals surface area contributed by atoms with Crippen LogP contribution in [0.5, 0.6) is 0 Å². The normalized spacial score (nSPS) is 15.6. The maximum absolute atomic E-state index is 13.2. The molecule has 2 amide bonds. The molecule has 0 unspecified atom stereocenters. The van der Waals surface area contributed by atoms with Crippen molar-refractivity contribution in [2.75, 3.05) is 16.0 Å². The molecule has 30 heavy (non-hydrogen) atoms. The fourth-order valence-corrected chi connectivity index (χ4v) is 4.71. The summed E-state index contributed by atoms with van der Waals surface area (Å²) >= 11 is 3.39. The molecule has 0 saturated heterocycles. The number of anilines is 2. The van der Waals surface area contributed by atoms with E-state index in [1.165, 1.54) is 17.0 Å². The Morgan fingerprint density at radius 2 is 1.83 bits per heavy atom. The SMILES string of the molecule is O=C(Nc1ccccc1Br)c1ccc2c(c1)N(Cc1ccc(F)cc1)C(=O)C[S@]2=O. The lowest BCUT2D eigenvalue weighted by Crippen LogP contribution is -2.38. The molecule has 3 aromatic rings. The van der Waals surface area contributed by atoms with Gasteiger partial charge in [0.1, 0.15) is 11.6 Å². The second kappa shape index (κ2) is 8.49. The first kappa shape index (κ1) is 20.4. The standard InChI is InChI=1S/C22H16BrFN2O3S/c23-17-3-1-2-4-18(17)25-22(28)15-7-10-20-19(11-15)26(21(27)13-30(20)29)12-14-5-8-16(24)9-6-14/h1-11H,12-13H2,(H,25,28)/t30-/m1/s1. The number of fused-ring (bicyclic) bond motifs is 1. The van der Waals surface area contributed by atoms with Gasteiger partial charge in [0.2, 0.25) is 5.91 Å². The number of nitrogens with zero attached hydrogens (tertiary/aromatic N) is 1. The van der Waals surface area contributed by atoms with E-state index in [1.54, 1.807) is 42.5 Å². The van der Waals surface area contributed by atoms with E-state index in [4.69, 9.17) is 0 Å². The van der Waals surface area contributed by atoms with E-state index in [2.05, 4.69) is 21.2 Å². The highest BCUT2D eigenvalue weighted by atomic mass is 79.9. The highest BCUT2D eigenvalue weighted by Gasteiger charge is 2.30. The molecule has 0 aliphatic carbocycles. The third-order valence-electron chi connectivity index (χ3n) is 4.69. The summed E-state index contributed by atoms with van der Waals surface area (Å²) in [4.78, 5) is 27.4. The van der Waals surface area contributed by atoms with Crippen LogP contribution in [-0.2, 0) is 22.1 Å². The van der Waals surface area contributed by atoms with Crippen LogP contribution in [-0.4, -0.2) is 21.8 Å². The molecule has 5 nitrogen and oxygen atoms in total. The lowest BCUT2D eigenvalue weighted by Gasteiger charge is -2.29. The first-order valence-corrected chi connectivity index (χ1v) is 11.2. The average Bonchev–Trinajstić information content (AvgIpc) is 2.73. The Labute approximate surface area is 183 Å². The minimum Gasteiger partial charge on any atom is -0.321 e. The number of carbonyl (C=O) groups is 2. The highest BCUT2D eigenvalue weighted by Crippen LogP contribution is 2.32. The van der Waals surface area contributed by atoms with Gasteiger partial charge in [-0.15, -0.1) is 0 Å². The lowest BCUT2D eigenvalue weighted by molar-refractivity contribution is -0.116. The van der Waals surface area contributed by atoms with Crippen LogP contribution < -0.4 is 10.2 Å². The first-order chi connectivity index (χ1) is 14.4. The third kappa shape index (κ3) is 4.20. The quantitative estimate of drug-likeness (QED) is 0.590. The minimum atomic E-state index is -1.48. The topological polar surface area (TPSA) is 66.5 Å². The van der Waals surface area contributed by atoms with Gasteiger partial charge in [0.25, 0.3) is 5.91 Å². The van der Waals surface area contributed by atoms with Crippen LogP contribution in [0.4, 0.5) is 15.8 Å². The van der Waals surface area contributed by atoms with Crippen molar-refractivity contribution in [3.05, 3.63) is 88.1 Å². The highest BCUT2D eigenvalue weighted by molar-refractivity contribution is 9.10. The van der Waals surface area contributed by atoms with Crippen molar-refractivity contribution in [2.45, 2.75) is 11.4 Å². The summed E-state index contributed by atoms with van der Waals surface area (Å²) in [7, 11) is -1.48. The maximum Gasteiger partial charge on any atom is 0.255 e. The van der Waals surface area contributed by atoms with E-state index in [-0.39, 0.29) is 29.9 Å². The number of carbonyl (C=O) groups excluding carboxylic acids is 2. The van der Waals surface area contributed by atoms with Crippen LogP contribution in [0.1, 0.15) is 15.9 Å². The van der Waals surface area contributed by atoms with Crippen molar-refractivity contribution in [3.8, 4) is 0 Å². The van der Waals surface area contributed by atoms with Crippen LogP contribution in [0.15, 0.2) is 76.1 Å². The Hall–Kier alpha value is -2.84. The summed E-state index contributed by atoms with van der Waals surface area (Å²) in [5.41, 5.74) is 2.10. The van der Waals surface area contributed by atoms with Gasteiger partial charge in [0.05, 0.1) is 33.6 Å². The largest absolute Gasteiger partial charge is 0.321 e. The molecule has 0 radical (unpaired) electrons. The van der Waals surface area contributed by atoms with Crippen molar-refractivity contribution >= 4 is 49.9 Å². The molecule has 3 aromatic carbocycles. The molecule has 1 atom stereocenters. The van der Waals surface area contributed by atoms with Crippen LogP contribution in [0, 0.1) is 5.82 Å². The average molecular weight is 487 g/mol. The fourth-order valence-electron chi connectivity index (χ4n) is 3.17. The van der Waals surface area contributed by atoms with E-state index >= 15 is 0 Å². The van der Waals surface area contributed by atoms with Gasteiger partial charge in [0, 0.05) is 10.0 Å². The number of hydrogen-bond donors (Lipinski definition) is 1. The summed E-state index contributed by atoms with van der Waals surface area (Å²) in [5, 5.41) is 2.82. The monoisotopic (exact) mass is 486 g/mol. The predicted octanol–water partition coefficient (Wildman–Crippen LogP) is 4.49. The number of amides is 2. The Bertz CT molecular complexity index is 1170. The molecule has 1 N–H and O–H groups in total. The smallest absolute Gasteiger partial charge is 0.255 e. The number of nitrogens with one attached hydrogen (secondary N) is 1. The summed E-state index contributed by atoms with van der Waals surface area (Å²) in [5.74, 6) is -1.16. The van der Waals surface area contributed by atoms with Crippen molar-refractivity contribution in [2.24, 2.45) is 0 Å². The summed E-state index contributed by atoms with van der Waals surface area (Å²) in [6, 6.07) is 17.8. The van der Waals surface area contributed by atoms with Crippen molar-refractivity contribution in [1.82, 2.24) is 0 Å². The van der Waals surface area contributed by atoms with Crippen LogP contribution in [0.3, 0.4) is 0 Å². The second-order valence-corrected chi connectivity index (χ2v) is 8.99. The van der Waals surface area contributed by atoms with E-state index in [0.717, 1.165) is 10.0 Å². The zero-order valence-corrected chi connectivity index (χ0v) is 18.0. The molecule has 4 rings (SSSR count). The molecule has 152 valence electrons. The number of halogens is 2. The van der Waals surface area contributed by atoms with E-state index in [9.17, 15) is 18.2 Å². The molecule has 1 aliphatic rings. The molecule has 0 aromatic heterocycles. The summed E-state index contributed by atoms with van der Waals surface area (Å²) in [6.07, 6.45) is 0. The molecule has 8 heteroatoms. The number of rotatable bonds is 4. The van der Waals surface area contributed by atoms with Gasteiger partial charge in [-0.2, -0.15) is 0 Å². The Kier molecular flexibility index (Phi) is 5.78. The predicted molar refractivity (Wildman–Crippen MR) is 117 cm³/mol. The first-order valence-electron chi connectivity index (χ1n) is 9.05. The molecule has 0 fully saturated rings. The Morgan fingerprint density at radius 1 is 1.10 bits per heavy atom. The van der Waals surface area contributed by atoms with Gasteiger partial charge in [-0.25, -0.2) is 4.39 Å². The van der Waals surface area contributed by atoms with Crippen molar-refractivity contribution in [1.29, 1.82) is 0 Å². The molecule has 1 heterocycles. The Balaban J connectivity index is 1.67. The zero-order valence-electron chi connectivity index (χ0n) is 15.6. The van der Waals surface area contributed by atoms with Crippen molar-refractivity contribution in [3.63, 3.8) is 0 Å². The summed E-state index contributed by atoms with van der Waals surface area (Å²) < 4.78 is 26.4. The summed E-state index contributed by atoms with van der Waals surface area (Å²) in [6.45, 7) is 0.193. The molecule has 1 aliphatic heterocycles.